The van der Waals surface area contributed by atoms with Gasteiger partial charge >= 0.3 is 0 Å². The number of nitrogen functional groups attached to an aromatic ring is 1. The standard InChI is InChI=1S/C12H19N3O/c1-2-3-4-8-15-10-7-5-6-9(11(10)13)12(14)16/h5-7,15H,2-4,8,13H2,1H3,(H2,14,16). The first kappa shape index (κ1) is 12.4. The number of carbonyl (C=O) groups excluding carboxylic acids is 1. The highest BCUT2D eigenvalue weighted by Crippen LogP contribution is 2.22. The maximum atomic E-state index is 11.1. The van der Waals surface area contributed by atoms with Crippen LogP contribution in [-0.4, -0.2) is 12.5 Å². The molecule has 0 heterocycles. The summed E-state index contributed by atoms with van der Waals surface area (Å²) in [6, 6.07) is 5.27. The molecular weight excluding hydrogens is 202 g/mol. The van der Waals surface area contributed by atoms with Crippen LogP contribution in [0.25, 0.3) is 0 Å². The first-order valence-corrected chi connectivity index (χ1v) is 5.59. The lowest BCUT2D eigenvalue weighted by Crippen LogP contribution is -2.15. The van der Waals surface area contributed by atoms with Crippen LogP contribution in [0.3, 0.4) is 0 Å². The summed E-state index contributed by atoms with van der Waals surface area (Å²) in [5, 5.41) is 3.21. The van der Waals surface area contributed by atoms with Gasteiger partial charge < -0.3 is 16.8 Å². The third-order valence-corrected chi connectivity index (χ3v) is 2.47. The van der Waals surface area contributed by atoms with Crippen LogP contribution in [0.4, 0.5) is 11.4 Å². The van der Waals surface area contributed by atoms with E-state index in [2.05, 4.69) is 12.2 Å². The molecule has 1 rings (SSSR count). The Morgan fingerprint density at radius 3 is 2.75 bits per heavy atom. The van der Waals surface area contributed by atoms with Gasteiger partial charge in [-0.3, -0.25) is 4.79 Å². The Morgan fingerprint density at radius 2 is 2.12 bits per heavy atom. The highest BCUT2D eigenvalue weighted by Gasteiger charge is 2.08. The molecule has 5 N–H and O–H groups in total. The zero-order chi connectivity index (χ0) is 12.0. The number of hydrogen-bond acceptors (Lipinski definition) is 3. The molecule has 0 aliphatic carbocycles. The van der Waals surface area contributed by atoms with E-state index in [0.717, 1.165) is 18.7 Å². The van der Waals surface area contributed by atoms with Gasteiger partial charge in [0.15, 0.2) is 0 Å². The van der Waals surface area contributed by atoms with Crippen LogP contribution in [0.5, 0.6) is 0 Å². The molecule has 0 saturated heterocycles. The van der Waals surface area contributed by atoms with Gasteiger partial charge in [-0.25, -0.2) is 0 Å². The molecule has 0 unspecified atom stereocenters. The highest BCUT2D eigenvalue weighted by atomic mass is 16.1. The summed E-state index contributed by atoms with van der Waals surface area (Å²) < 4.78 is 0. The largest absolute Gasteiger partial charge is 0.396 e. The zero-order valence-corrected chi connectivity index (χ0v) is 9.62. The number of nitrogens with one attached hydrogen (secondary N) is 1. The number of amides is 1. The van der Waals surface area contributed by atoms with E-state index in [1.54, 1.807) is 12.1 Å². The fourth-order valence-electron chi connectivity index (χ4n) is 1.53. The summed E-state index contributed by atoms with van der Waals surface area (Å²) in [4.78, 5) is 11.1. The van der Waals surface area contributed by atoms with Gasteiger partial charge in [0, 0.05) is 6.54 Å². The predicted molar refractivity (Wildman–Crippen MR) is 67.4 cm³/mol. The summed E-state index contributed by atoms with van der Waals surface area (Å²) in [6.45, 7) is 3.02. The number of hydrogen-bond donors (Lipinski definition) is 3. The lowest BCUT2D eigenvalue weighted by Gasteiger charge is -2.11. The molecule has 4 nitrogen and oxygen atoms in total. The van der Waals surface area contributed by atoms with E-state index in [1.807, 2.05) is 6.07 Å². The van der Waals surface area contributed by atoms with Crippen molar-refractivity contribution in [2.75, 3.05) is 17.6 Å². The van der Waals surface area contributed by atoms with Gasteiger partial charge in [-0.2, -0.15) is 0 Å². The molecule has 0 bridgehead atoms. The summed E-state index contributed by atoms with van der Waals surface area (Å²) in [5.74, 6) is -0.491. The molecule has 4 heteroatoms. The van der Waals surface area contributed by atoms with E-state index >= 15 is 0 Å². The van der Waals surface area contributed by atoms with E-state index in [-0.39, 0.29) is 0 Å². The van der Waals surface area contributed by atoms with E-state index in [4.69, 9.17) is 11.5 Å². The van der Waals surface area contributed by atoms with Crippen molar-refractivity contribution in [3.05, 3.63) is 23.8 Å². The number of anilines is 2. The lowest BCUT2D eigenvalue weighted by molar-refractivity contribution is 0.100. The first-order chi connectivity index (χ1) is 7.66. The fraction of sp³-hybridized carbons (Fsp3) is 0.417. The summed E-state index contributed by atoms with van der Waals surface area (Å²) in [5.41, 5.74) is 12.6. The first-order valence-electron chi connectivity index (χ1n) is 5.59. The summed E-state index contributed by atoms with van der Waals surface area (Å²) in [7, 11) is 0. The van der Waals surface area contributed by atoms with Crippen LogP contribution < -0.4 is 16.8 Å². The quantitative estimate of drug-likeness (QED) is 0.507. The van der Waals surface area contributed by atoms with E-state index < -0.39 is 5.91 Å². The van der Waals surface area contributed by atoms with Gasteiger partial charge in [-0.05, 0) is 18.6 Å². The lowest BCUT2D eigenvalue weighted by atomic mass is 10.1. The van der Waals surface area contributed by atoms with Crippen LogP contribution in [-0.2, 0) is 0 Å². The van der Waals surface area contributed by atoms with Gasteiger partial charge in [0.1, 0.15) is 0 Å². The number of para-hydroxylation sites is 1. The van der Waals surface area contributed by atoms with Crippen molar-refractivity contribution in [3.63, 3.8) is 0 Å². The minimum atomic E-state index is -0.491. The molecule has 0 atom stereocenters. The Labute approximate surface area is 96.0 Å². The van der Waals surface area contributed by atoms with Crippen molar-refractivity contribution in [1.29, 1.82) is 0 Å². The summed E-state index contributed by atoms with van der Waals surface area (Å²) in [6.07, 6.45) is 3.46. The maximum Gasteiger partial charge on any atom is 0.250 e. The zero-order valence-electron chi connectivity index (χ0n) is 9.62. The molecule has 1 aromatic rings. The second-order valence-corrected chi connectivity index (χ2v) is 3.76. The Hall–Kier alpha value is -1.71. The Balaban J connectivity index is 2.66. The van der Waals surface area contributed by atoms with E-state index in [1.165, 1.54) is 12.8 Å². The molecule has 0 aliphatic rings. The average Bonchev–Trinajstić information content (AvgIpc) is 2.26. The van der Waals surface area contributed by atoms with Crippen molar-refractivity contribution in [3.8, 4) is 0 Å². The Bertz CT molecular complexity index is 363. The predicted octanol–water partition coefficient (Wildman–Crippen LogP) is 1.97. The smallest absolute Gasteiger partial charge is 0.250 e. The fourth-order valence-corrected chi connectivity index (χ4v) is 1.53. The van der Waals surface area contributed by atoms with Crippen molar-refractivity contribution in [2.45, 2.75) is 26.2 Å². The van der Waals surface area contributed by atoms with Gasteiger partial charge in [0.2, 0.25) is 0 Å². The molecule has 0 spiro atoms. The van der Waals surface area contributed by atoms with E-state index in [9.17, 15) is 4.79 Å². The van der Waals surface area contributed by atoms with Crippen molar-refractivity contribution in [1.82, 2.24) is 0 Å². The van der Waals surface area contributed by atoms with Crippen molar-refractivity contribution >= 4 is 17.3 Å². The van der Waals surface area contributed by atoms with Crippen LogP contribution >= 0.6 is 0 Å². The summed E-state index contributed by atoms with van der Waals surface area (Å²) >= 11 is 0. The molecule has 1 amide bonds. The van der Waals surface area contributed by atoms with Crippen LogP contribution in [0.1, 0.15) is 36.5 Å². The average molecular weight is 221 g/mol. The molecule has 1 aromatic carbocycles. The normalized spacial score (nSPS) is 10.1. The van der Waals surface area contributed by atoms with E-state index in [0.29, 0.717) is 11.3 Å². The van der Waals surface area contributed by atoms with Crippen LogP contribution in [0, 0.1) is 0 Å². The second-order valence-electron chi connectivity index (χ2n) is 3.76. The van der Waals surface area contributed by atoms with Gasteiger partial charge in [0.25, 0.3) is 5.91 Å². The van der Waals surface area contributed by atoms with Crippen LogP contribution in [0.2, 0.25) is 0 Å². The Kier molecular flexibility index (Phi) is 4.64. The number of carbonyl (C=O) groups is 1. The van der Waals surface area contributed by atoms with Gasteiger partial charge in [-0.1, -0.05) is 25.8 Å². The molecule has 0 fully saturated rings. The monoisotopic (exact) mass is 221 g/mol. The minimum absolute atomic E-state index is 0.375. The van der Waals surface area contributed by atoms with Crippen molar-refractivity contribution in [2.24, 2.45) is 5.73 Å². The number of benzene rings is 1. The number of nitrogens with two attached hydrogens (primary N) is 2. The van der Waals surface area contributed by atoms with Crippen molar-refractivity contribution < 1.29 is 4.79 Å². The van der Waals surface area contributed by atoms with Gasteiger partial charge in [-0.15, -0.1) is 0 Å². The number of unbranched alkanes of at least 4 members (excludes halogenated alkanes) is 2. The SMILES string of the molecule is CCCCCNc1cccc(C(N)=O)c1N. The third kappa shape index (κ3) is 3.15. The molecule has 0 saturated carbocycles. The molecule has 0 aliphatic heterocycles. The highest BCUT2D eigenvalue weighted by molar-refractivity contribution is 6.00. The molecule has 88 valence electrons. The minimum Gasteiger partial charge on any atom is -0.396 e. The molecule has 0 radical (unpaired) electrons. The maximum absolute atomic E-state index is 11.1. The Morgan fingerprint density at radius 1 is 1.38 bits per heavy atom. The molecule has 16 heavy (non-hydrogen) atoms. The second kappa shape index (κ2) is 6.00. The number of primary amides is 1. The topological polar surface area (TPSA) is 81.1 Å². The molecule has 0 aromatic heterocycles. The van der Waals surface area contributed by atoms with Gasteiger partial charge in [0.05, 0.1) is 16.9 Å². The van der Waals surface area contributed by atoms with Crippen LogP contribution in [0.15, 0.2) is 18.2 Å². The number of rotatable bonds is 6. The molecular formula is C12H19N3O. The third-order valence-electron chi connectivity index (χ3n) is 2.47.